The molecule has 0 aliphatic rings. The Morgan fingerprint density at radius 1 is 1.29 bits per heavy atom. The van der Waals surface area contributed by atoms with Crippen LogP contribution in [-0.4, -0.2) is 48.1 Å². The van der Waals surface area contributed by atoms with E-state index in [1.165, 1.54) is 16.2 Å². The maximum atomic E-state index is 12.0. The fourth-order valence-electron chi connectivity index (χ4n) is 2.05. The molecule has 0 fully saturated rings. The molecule has 0 spiro atoms. The van der Waals surface area contributed by atoms with Crippen LogP contribution in [0.3, 0.4) is 0 Å². The average Bonchev–Trinajstić information content (AvgIpc) is 2.72. The van der Waals surface area contributed by atoms with E-state index >= 15 is 0 Å². The third-order valence-electron chi connectivity index (χ3n) is 3.01. The third kappa shape index (κ3) is 2.98. The molecule has 0 saturated heterocycles. The zero-order valence-corrected chi connectivity index (χ0v) is 12.1. The lowest BCUT2D eigenvalue weighted by atomic mass is 10.4. The van der Waals surface area contributed by atoms with Crippen LogP contribution >= 0.6 is 0 Å². The standard InChI is InChI=1S/C12H19N5O4/c1-6(18)4-13-11-14-9-8(17(11)5-7(2)19)10(20)15-12(21)16(9)3/h6-7,18-19H,4-5H2,1-3H3,(H,13,14)(H,15,20,21)/t6-,7-/m0/s1. The van der Waals surface area contributed by atoms with Crippen LogP contribution in [0.1, 0.15) is 13.8 Å². The van der Waals surface area contributed by atoms with Crippen molar-refractivity contribution in [3.8, 4) is 0 Å². The van der Waals surface area contributed by atoms with Crippen LogP contribution in [0.5, 0.6) is 0 Å². The summed E-state index contributed by atoms with van der Waals surface area (Å²) in [6.07, 6.45) is -1.31. The molecule has 9 heteroatoms. The average molecular weight is 297 g/mol. The smallest absolute Gasteiger partial charge is 0.329 e. The highest BCUT2D eigenvalue weighted by atomic mass is 16.3. The van der Waals surface area contributed by atoms with Crippen molar-refractivity contribution >= 4 is 17.1 Å². The van der Waals surface area contributed by atoms with E-state index in [0.717, 1.165) is 0 Å². The second-order valence-electron chi connectivity index (χ2n) is 5.12. The van der Waals surface area contributed by atoms with Crippen molar-refractivity contribution in [2.45, 2.75) is 32.6 Å². The molecule has 0 amide bonds. The summed E-state index contributed by atoms with van der Waals surface area (Å²) in [5.41, 5.74) is -0.703. The lowest BCUT2D eigenvalue weighted by Crippen LogP contribution is -2.29. The quantitative estimate of drug-likeness (QED) is 0.538. The molecule has 2 aromatic rings. The molecule has 2 heterocycles. The van der Waals surface area contributed by atoms with E-state index in [9.17, 15) is 19.8 Å². The Hall–Kier alpha value is -2.13. The molecular weight excluding hydrogens is 278 g/mol. The first-order chi connectivity index (χ1) is 9.81. The summed E-state index contributed by atoms with van der Waals surface area (Å²) < 4.78 is 2.73. The predicted octanol–water partition coefficient (Wildman–Crippen LogP) is -1.40. The monoisotopic (exact) mass is 297 g/mol. The lowest BCUT2D eigenvalue weighted by molar-refractivity contribution is 0.175. The van der Waals surface area contributed by atoms with Crippen LogP contribution in [0.4, 0.5) is 5.95 Å². The van der Waals surface area contributed by atoms with Gasteiger partial charge >= 0.3 is 5.69 Å². The third-order valence-corrected chi connectivity index (χ3v) is 3.01. The number of aromatic nitrogens is 4. The molecule has 2 rings (SSSR count). The number of aliphatic hydroxyl groups is 2. The van der Waals surface area contributed by atoms with Crippen LogP contribution in [0, 0.1) is 0 Å². The zero-order valence-electron chi connectivity index (χ0n) is 12.1. The molecule has 0 aliphatic heterocycles. The second kappa shape index (κ2) is 5.70. The van der Waals surface area contributed by atoms with Gasteiger partial charge in [0.25, 0.3) is 5.56 Å². The van der Waals surface area contributed by atoms with Crippen molar-refractivity contribution in [1.82, 2.24) is 19.1 Å². The molecule has 0 unspecified atom stereocenters. The Morgan fingerprint density at radius 2 is 1.95 bits per heavy atom. The van der Waals surface area contributed by atoms with Gasteiger partial charge in [-0.2, -0.15) is 4.98 Å². The van der Waals surface area contributed by atoms with Crippen molar-refractivity contribution in [2.24, 2.45) is 7.05 Å². The summed E-state index contributed by atoms with van der Waals surface area (Å²) in [7, 11) is 1.50. The number of H-pyrrole nitrogens is 1. The minimum absolute atomic E-state index is 0.139. The first-order valence-corrected chi connectivity index (χ1v) is 6.60. The van der Waals surface area contributed by atoms with Crippen LogP contribution in [0.2, 0.25) is 0 Å². The Balaban J connectivity index is 2.67. The van der Waals surface area contributed by atoms with E-state index in [0.29, 0.717) is 5.95 Å². The number of nitrogens with zero attached hydrogens (tertiary/aromatic N) is 3. The summed E-state index contributed by atoms with van der Waals surface area (Å²) in [5, 5.41) is 21.8. The fourth-order valence-corrected chi connectivity index (χ4v) is 2.05. The van der Waals surface area contributed by atoms with Crippen molar-refractivity contribution in [3.05, 3.63) is 20.8 Å². The van der Waals surface area contributed by atoms with Gasteiger partial charge < -0.3 is 20.1 Å². The molecular formula is C12H19N5O4. The number of hydrogen-bond acceptors (Lipinski definition) is 6. The SMILES string of the molecule is C[C@H](O)CNc1nc2c(c(=O)[nH]c(=O)n2C)n1C[C@H](C)O. The van der Waals surface area contributed by atoms with Gasteiger partial charge in [0.2, 0.25) is 5.95 Å². The molecule has 0 saturated carbocycles. The van der Waals surface area contributed by atoms with Gasteiger partial charge in [-0.1, -0.05) is 0 Å². The number of imidazole rings is 1. The molecule has 21 heavy (non-hydrogen) atoms. The van der Waals surface area contributed by atoms with E-state index in [-0.39, 0.29) is 24.3 Å². The fraction of sp³-hybridized carbons (Fsp3) is 0.583. The highest BCUT2D eigenvalue weighted by Crippen LogP contribution is 2.15. The molecule has 0 aromatic carbocycles. The molecule has 0 aliphatic carbocycles. The Labute approximate surface area is 119 Å². The molecule has 2 atom stereocenters. The minimum atomic E-state index is -0.703. The van der Waals surface area contributed by atoms with Gasteiger partial charge in [0.05, 0.1) is 18.8 Å². The Kier molecular flexibility index (Phi) is 4.14. The molecule has 0 radical (unpaired) electrons. The van der Waals surface area contributed by atoms with Crippen LogP contribution in [0.15, 0.2) is 9.59 Å². The maximum absolute atomic E-state index is 12.0. The number of rotatable bonds is 5. The Morgan fingerprint density at radius 3 is 2.52 bits per heavy atom. The van der Waals surface area contributed by atoms with Gasteiger partial charge in [-0.05, 0) is 13.8 Å². The summed E-state index contributed by atoms with van der Waals surface area (Å²) in [4.78, 5) is 30.1. The summed E-state index contributed by atoms with van der Waals surface area (Å²) in [6.45, 7) is 3.56. The number of fused-ring (bicyclic) bond motifs is 1. The van der Waals surface area contributed by atoms with Crippen molar-refractivity contribution < 1.29 is 10.2 Å². The van der Waals surface area contributed by atoms with Gasteiger partial charge in [-0.3, -0.25) is 14.3 Å². The van der Waals surface area contributed by atoms with Gasteiger partial charge in [-0.15, -0.1) is 0 Å². The van der Waals surface area contributed by atoms with E-state index < -0.39 is 23.5 Å². The van der Waals surface area contributed by atoms with Gasteiger partial charge in [0.15, 0.2) is 11.2 Å². The molecule has 4 N–H and O–H groups in total. The first-order valence-electron chi connectivity index (χ1n) is 6.60. The summed E-state index contributed by atoms with van der Waals surface area (Å²) >= 11 is 0. The van der Waals surface area contributed by atoms with Crippen molar-refractivity contribution in [2.75, 3.05) is 11.9 Å². The van der Waals surface area contributed by atoms with Crippen molar-refractivity contribution in [3.63, 3.8) is 0 Å². The van der Waals surface area contributed by atoms with E-state index in [2.05, 4.69) is 15.3 Å². The number of aryl methyl sites for hydroxylation is 1. The second-order valence-corrected chi connectivity index (χ2v) is 5.12. The normalized spacial score (nSPS) is 14.3. The van der Waals surface area contributed by atoms with Crippen LogP contribution in [0.25, 0.3) is 11.2 Å². The maximum Gasteiger partial charge on any atom is 0.329 e. The number of nitrogens with one attached hydrogen (secondary N) is 2. The molecule has 2 aromatic heterocycles. The molecule has 9 nitrogen and oxygen atoms in total. The zero-order chi connectivity index (χ0) is 15.7. The van der Waals surface area contributed by atoms with Crippen LogP contribution < -0.4 is 16.6 Å². The van der Waals surface area contributed by atoms with E-state index in [1.807, 2.05) is 0 Å². The number of aromatic amines is 1. The number of aliphatic hydroxyl groups excluding tert-OH is 2. The summed E-state index contributed by atoms with van der Waals surface area (Å²) in [5.74, 6) is 0.318. The molecule has 0 bridgehead atoms. The van der Waals surface area contributed by atoms with Gasteiger partial charge in [0.1, 0.15) is 0 Å². The van der Waals surface area contributed by atoms with E-state index in [4.69, 9.17) is 0 Å². The van der Waals surface area contributed by atoms with E-state index in [1.54, 1.807) is 13.8 Å². The Bertz CT molecular complexity index is 755. The van der Waals surface area contributed by atoms with Crippen molar-refractivity contribution in [1.29, 1.82) is 0 Å². The minimum Gasteiger partial charge on any atom is -0.392 e. The van der Waals surface area contributed by atoms with Gasteiger partial charge in [-0.25, -0.2) is 4.79 Å². The highest BCUT2D eigenvalue weighted by molar-refractivity contribution is 5.74. The largest absolute Gasteiger partial charge is 0.392 e. The molecule has 116 valence electrons. The number of hydrogen-bond donors (Lipinski definition) is 4. The lowest BCUT2D eigenvalue weighted by Gasteiger charge is -2.12. The first kappa shape index (κ1) is 15.3. The predicted molar refractivity (Wildman–Crippen MR) is 77.4 cm³/mol. The van der Waals surface area contributed by atoms with Gasteiger partial charge in [0, 0.05) is 13.6 Å². The van der Waals surface area contributed by atoms with Crippen LogP contribution in [-0.2, 0) is 13.6 Å². The summed E-state index contributed by atoms with van der Waals surface area (Å²) in [6, 6.07) is 0. The topological polar surface area (TPSA) is 125 Å². The highest BCUT2D eigenvalue weighted by Gasteiger charge is 2.18. The number of anilines is 1.